The third kappa shape index (κ3) is 8.44. The van der Waals surface area contributed by atoms with Crippen LogP contribution in [0.2, 0.25) is 0 Å². The van der Waals surface area contributed by atoms with E-state index >= 15 is 0 Å². The minimum Gasteiger partial charge on any atom is -0.494 e. The number of fused-ring (bicyclic) bond motifs is 1. The number of carbonyl (C=O) groups is 3. The maximum Gasteiger partial charge on any atom is 0.326 e. The van der Waals surface area contributed by atoms with Crippen LogP contribution in [0.5, 0.6) is 11.6 Å². The number of esters is 1. The molecule has 0 spiro atoms. The lowest BCUT2D eigenvalue weighted by Gasteiger charge is -2.30. The number of amides is 1. The number of aliphatic carboxylic acids is 1. The molecule has 1 fully saturated rings. The van der Waals surface area contributed by atoms with Gasteiger partial charge in [0.15, 0.2) is 0 Å². The Hall–Kier alpha value is -3.62. The van der Waals surface area contributed by atoms with Crippen LogP contribution in [0.25, 0.3) is 10.8 Å². The van der Waals surface area contributed by atoms with E-state index in [1.165, 1.54) is 4.90 Å². The molecule has 41 heavy (non-hydrogen) atoms. The lowest BCUT2D eigenvalue weighted by molar-refractivity contribution is -0.160. The molecule has 1 aliphatic heterocycles. The minimum absolute atomic E-state index is 0.0723. The number of hydrogen-bond donors (Lipinski definition) is 1. The van der Waals surface area contributed by atoms with E-state index in [2.05, 4.69) is 18.5 Å². The molecule has 1 aromatic carbocycles. The van der Waals surface area contributed by atoms with Gasteiger partial charge in [0.1, 0.15) is 23.5 Å². The summed E-state index contributed by atoms with van der Waals surface area (Å²) in [7, 11) is 1.57. The van der Waals surface area contributed by atoms with Crippen molar-refractivity contribution in [3.63, 3.8) is 0 Å². The van der Waals surface area contributed by atoms with Crippen molar-refractivity contribution in [2.24, 2.45) is 17.8 Å². The quantitative estimate of drug-likeness (QED) is 0.243. The first-order valence-corrected chi connectivity index (χ1v) is 14.3. The van der Waals surface area contributed by atoms with Gasteiger partial charge in [-0.05, 0) is 51.5 Å². The third-order valence-corrected chi connectivity index (χ3v) is 7.58. The van der Waals surface area contributed by atoms with Gasteiger partial charge in [0.05, 0.1) is 32.2 Å². The van der Waals surface area contributed by atoms with E-state index in [1.807, 2.05) is 37.3 Å². The van der Waals surface area contributed by atoms with E-state index in [1.54, 1.807) is 34.1 Å². The fraction of sp³-hybridized carbons (Fsp3) is 0.562. The second-order valence-corrected chi connectivity index (χ2v) is 12.0. The van der Waals surface area contributed by atoms with Gasteiger partial charge < -0.3 is 24.2 Å². The molecule has 9 nitrogen and oxygen atoms in total. The van der Waals surface area contributed by atoms with Gasteiger partial charge >= 0.3 is 11.9 Å². The van der Waals surface area contributed by atoms with Crippen LogP contribution in [0.4, 0.5) is 0 Å². The number of ether oxygens (including phenoxy) is 3. The predicted molar refractivity (Wildman–Crippen MR) is 157 cm³/mol. The van der Waals surface area contributed by atoms with Gasteiger partial charge in [-0.25, -0.2) is 9.78 Å². The summed E-state index contributed by atoms with van der Waals surface area (Å²) >= 11 is 0. The van der Waals surface area contributed by atoms with E-state index in [0.29, 0.717) is 24.0 Å². The van der Waals surface area contributed by atoms with Gasteiger partial charge in [0, 0.05) is 17.2 Å². The molecule has 0 saturated carbocycles. The van der Waals surface area contributed by atoms with Crippen molar-refractivity contribution >= 4 is 28.6 Å². The van der Waals surface area contributed by atoms with E-state index in [-0.39, 0.29) is 31.2 Å². The first-order valence-electron chi connectivity index (χ1n) is 14.3. The summed E-state index contributed by atoms with van der Waals surface area (Å²) in [5, 5.41) is 11.6. The number of aromatic nitrogens is 1. The van der Waals surface area contributed by atoms with Crippen LogP contribution in [-0.4, -0.2) is 64.2 Å². The summed E-state index contributed by atoms with van der Waals surface area (Å²) in [5.41, 5.74) is -0.697. The molecule has 2 aromatic rings. The summed E-state index contributed by atoms with van der Waals surface area (Å²) in [6.45, 7) is 13.3. The number of methoxy groups -OCH3 is 1. The van der Waals surface area contributed by atoms with Crippen molar-refractivity contribution in [2.45, 2.75) is 84.5 Å². The Bertz CT molecular complexity index is 1240. The van der Waals surface area contributed by atoms with E-state index in [0.717, 1.165) is 23.6 Å². The molecule has 1 aliphatic rings. The average Bonchev–Trinajstić information content (AvgIpc) is 3.34. The smallest absolute Gasteiger partial charge is 0.326 e. The SMILES string of the molecule is C=CC(C)CCC[C@@H](C)[C@H](CC(=O)OC(C)(C)C)C(=O)N1C[C@H](Oc2ncc(OC)c3ccccc23)C[C@H]1C(=O)O. The first kappa shape index (κ1) is 31.9. The Morgan fingerprint density at radius 1 is 1.17 bits per heavy atom. The summed E-state index contributed by atoms with van der Waals surface area (Å²) in [4.78, 5) is 44.9. The second kappa shape index (κ2) is 13.8. The highest BCUT2D eigenvalue weighted by molar-refractivity contribution is 5.92. The zero-order valence-corrected chi connectivity index (χ0v) is 25.1. The summed E-state index contributed by atoms with van der Waals surface area (Å²) in [6, 6.07) is 6.42. The number of likely N-dealkylation sites (tertiary alicyclic amines) is 1. The Kier molecular flexibility index (Phi) is 10.8. The molecule has 1 amide bonds. The van der Waals surface area contributed by atoms with Crippen molar-refractivity contribution in [3.8, 4) is 11.6 Å². The Balaban J connectivity index is 1.83. The fourth-order valence-electron chi connectivity index (χ4n) is 5.30. The minimum atomic E-state index is -1.11. The van der Waals surface area contributed by atoms with Crippen LogP contribution in [0, 0.1) is 17.8 Å². The van der Waals surface area contributed by atoms with Gasteiger partial charge in [-0.2, -0.15) is 0 Å². The van der Waals surface area contributed by atoms with Crippen LogP contribution in [0.15, 0.2) is 43.1 Å². The van der Waals surface area contributed by atoms with Crippen LogP contribution in [0.1, 0.15) is 66.7 Å². The number of nitrogens with zero attached hydrogens (tertiary/aromatic N) is 2. The molecule has 1 N–H and O–H groups in total. The van der Waals surface area contributed by atoms with Gasteiger partial charge in [0.2, 0.25) is 11.8 Å². The Morgan fingerprint density at radius 3 is 2.46 bits per heavy atom. The number of carboxylic acids is 1. The van der Waals surface area contributed by atoms with Crippen LogP contribution in [-0.2, 0) is 19.1 Å². The maximum atomic E-state index is 14.0. The molecule has 3 rings (SSSR count). The zero-order chi connectivity index (χ0) is 30.3. The van der Waals surface area contributed by atoms with Crippen molar-refractivity contribution in [2.75, 3.05) is 13.7 Å². The molecular formula is C32H44N2O7. The second-order valence-electron chi connectivity index (χ2n) is 12.0. The average molecular weight is 569 g/mol. The number of carbonyl (C=O) groups excluding carboxylic acids is 2. The van der Waals surface area contributed by atoms with Crippen molar-refractivity contribution < 1.29 is 33.7 Å². The molecule has 224 valence electrons. The lowest BCUT2D eigenvalue weighted by Crippen LogP contribution is -2.46. The van der Waals surface area contributed by atoms with Gasteiger partial charge in [-0.15, -0.1) is 6.58 Å². The number of pyridine rings is 1. The summed E-state index contributed by atoms with van der Waals surface area (Å²) in [6.07, 6.45) is 5.35. The highest BCUT2D eigenvalue weighted by Crippen LogP contribution is 2.34. The van der Waals surface area contributed by atoms with E-state index in [4.69, 9.17) is 14.2 Å². The van der Waals surface area contributed by atoms with Crippen LogP contribution < -0.4 is 9.47 Å². The molecule has 1 unspecified atom stereocenters. The van der Waals surface area contributed by atoms with Crippen molar-refractivity contribution in [1.29, 1.82) is 0 Å². The molecular weight excluding hydrogens is 524 g/mol. The van der Waals surface area contributed by atoms with Gasteiger partial charge in [-0.3, -0.25) is 9.59 Å². The van der Waals surface area contributed by atoms with Crippen LogP contribution in [0.3, 0.4) is 0 Å². The van der Waals surface area contributed by atoms with Gasteiger partial charge in [-0.1, -0.05) is 44.5 Å². The largest absolute Gasteiger partial charge is 0.494 e. The van der Waals surface area contributed by atoms with Crippen molar-refractivity contribution in [3.05, 3.63) is 43.1 Å². The number of benzene rings is 1. The Labute approximate surface area is 242 Å². The monoisotopic (exact) mass is 568 g/mol. The van der Waals surface area contributed by atoms with Gasteiger partial charge in [0.25, 0.3) is 0 Å². The Morgan fingerprint density at radius 2 is 1.85 bits per heavy atom. The highest BCUT2D eigenvalue weighted by atomic mass is 16.6. The van der Waals surface area contributed by atoms with Crippen molar-refractivity contribution in [1.82, 2.24) is 9.88 Å². The maximum absolute atomic E-state index is 14.0. The highest BCUT2D eigenvalue weighted by Gasteiger charge is 2.44. The first-order chi connectivity index (χ1) is 19.3. The molecule has 1 aromatic heterocycles. The normalized spacial score (nSPS) is 19.3. The van der Waals surface area contributed by atoms with E-state index in [9.17, 15) is 19.5 Å². The molecule has 0 bridgehead atoms. The molecule has 9 heteroatoms. The number of rotatable bonds is 13. The van der Waals surface area contributed by atoms with E-state index < -0.39 is 35.6 Å². The number of carboxylic acid groups (broad SMARTS) is 1. The number of hydrogen-bond acceptors (Lipinski definition) is 7. The fourth-order valence-corrected chi connectivity index (χ4v) is 5.30. The topological polar surface area (TPSA) is 115 Å². The summed E-state index contributed by atoms with van der Waals surface area (Å²) < 4.78 is 17.2. The number of allylic oxidation sites excluding steroid dienone is 1. The standard InChI is InChI=1S/C32H44N2O7/c1-8-20(2)12-11-13-21(3)25(17-28(35)41-32(4,5)6)30(36)34-19-22(16-26(34)31(37)38)40-29-24-15-10-9-14-23(24)27(39-7)18-33-29/h8-10,14-15,18,20-22,25-26H,1,11-13,16-17,19H2,2-7H3,(H,37,38)/t20?,21-,22-,25+,26+/m1/s1. The molecule has 2 heterocycles. The third-order valence-electron chi connectivity index (χ3n) is 7.58. The molecule has 0 radical (unpaired) electrons. The predicted octanol–water partition coefficient (Wildman–Crippen LogP) is 5.65. The van der Waals surface area contributed by atoms with Crippen LogP contribution >= 0.6 is 0 Å². The molecule has 5 atom stereocenters. The lowest BCUT2D eigenvalue weighted by atomic mass is 9.84. The zero-order valence-electron chi connectivity index (χ0n) is 25.1. The summed E-state index contributed by atoms with van der Waals surface area (Å²) in [5.74, 6) is -1.54. The molecule has 1 saturated heterocycles. The molecule has 0 aliphatic carbocycles.